The third-order valence-corrected chi connectivity index (χ3v) is 7.32. The van der Waals surface area contributed by atoms with Gasteiger partial charge in [-0.1, -0.05) is 80.6 Å². The monoisotopic (exact) mass is 377 g/mol. The summed E-state index contributed by atoms with van der Waals surface area (Å²) in [7, 11) is 0. The van der Waals surface area contributed by atoms with Gasteiger partial charge in [0, 0.05) is 36.7 Å². The van der Waals surface area contributed by atoms with E-state index in [2.05, 4.69) is 92.7 Å². The van der Waals surface area contributed by atoms with E-state index in [-0.39, 0.29) is 5.41 Å². The van der Waals surface area contributed by atoms with E-state index in [0.29, 0.717) is 0 Å². The first kappa shape index (κ1) is 16.0. The van der Waals surface area contributed by atoms with Crippen LogP contribution in [0.1, 0.15) is 25.0 Å². The average Bonchev–Trinajstić information content (AvgIpc) is 3.22. The van der Waals surface area contributed by atoms with Crippen molar-refractivity contribution in [3.63, 3.8) is 0 Å². The predicted octanol–water partition coefficient (Wildman–Crippen LogP) is 7.42. The minimum atomic E-state index is 0.00107. The standard InChI is InChI=1S/C26H19NS/c1-26(2)20-12-5-3-9-18(20)24-21(26)14-15-22(27-24)19-11-7-10-17-16-8-4-6-13-23(16)28-25(17)19/h3-15H,1-2H3. The van der Waals surface area contributed by atoms with Crippen LogP contribution in [0.4, 0.5) is 0 Å². The van der Waals surface area contributed by atoms with E-state index in [0.717, 1.165) is 11.4 Å². The molecule has 0 fully saturated rings. The zero-order valence-electron chi connectivity index (χ0n) is 15.9. The van der Waals surface area contributed by atoms with Crippen LogP contribution in [-0.4, -0.2) is 4.98 Å². The van der Waals surface area contributed by atoms with Gasteiger partial charge in [-0.05, 0) is 23.3 Å². The number of rotatable bonds is 1. The van der Waals surface area contributed by atoms with Crippen molar-refractivity contribution >= 4 is 31.5 Å². The number of pyridine rings is 1. The van der Waals surface area contributed by atoms with Crippen molar-refractivity contribution in [2.45, 2.75) is 19.3 Å². The SMILES string of the molecule is CC1(C)c2ccccc2-c2nc(-c3cccc4c3sc3ccccc34)ccc21. The molecule has 6 rings (SSSR count). The molecule has 0 saturated carbocycles. The molecule has 0 bridgehead atoms. The van der Waals surface area contributed by atoms with Crippen molar-refractivity contribution in [3.05, 3.63) is 90.0 Å². The molecule has 28 heavy (non-hydrogen) atoms. The van der Waals surface area contributed by atoms with Crippen LogP contribution in [-0.2, 0) is 5.41 Å². The lowest BCUT2D eigenvalue weighted by Gasteiger charge is -2.20. The van der Waals surface area contributed by atoms with Crippen molar-refractivity contribution in [2.24, 2.45) is 0 Å². The molecule has 3 aromatic carbocycles. The first-order valence-corrected chi connectivity index (χ1v) is 10.5. The van der Waals surface area contributed by atoms with E-state index >= 15 is 0 Å². The first-order valence-electron chi connectivity index (χ1n) is 9.66. The van der Waals surface area contributed by atoms with Gasteiger partial charge in [0.25, 0.3) is 0 Å². The highest BCUT2D eigenvalue weighted by molar-refractivity contribution is 7.26. The fourth-order valence-corrected chi connectivity index (χ4v) is 5.87. The minimum absolute atomic E-state index is 0.00107. The highest BCUT2D eigenvalue weighted by Crippen LogP contribution is 2.48. The molecule has 0 aliphatic heterocycles. The third-order valence-electron chi connectivity index (χ3n) is 6.10. The Labute approximate surface area is 168 Å². The summed E-state index contributed by atoms with van der Waals surface area (Å²) in [5, 5.41) is 2.65. The molecule has 2 aromatic heterocycles. The number of hydrogen-bond donors (Lipinski definition) is 0. The molecule has 5 aromatic rings. The molecule has 1 aliphatic rings. The molecule has 0 unspecified atom stereocenters. The van der Waals surface area contributed by atoms with Gasteiger partial charge in [-0.3, -0.25) is 0 Å². The van der Waals surface area contributed by atoms with Gasteiger partial charge < -0.3 is 0 Å². The normalized spacial score (nSPS) is 14.4. The lowest BCUT2D eigenvalue weighted by Crippen LogP contribution is -2.14. The fourth-order valence-electron chi connectivity index (χ4n) is 4.65. The van der Waals surface area contributed by atoms with Gasteiger partial charge in [-0.25, -0.2) is 4.98 Å². The van der Waals surface area contributed by atoms with Crippen LogP contribution in [0.2, 0.25) is 0 Å². The largest absolute Gasteiger partial charge is 0.247 e. The number of thiophene rings is 1. The summed E-state index contributed by atoms with van der Waals surface area (Å²) in [6, 6.07) is 28.4. The fraction of sp³-hybridized carbons (Fsp3) is 0.115. The van der Waals surface area contributed by atoms with Gasteiger partial charge in [-0.2, -0.15) is 0 Å². The van der Waals surface area contributed by atoms with Crippen LogP contribution in [0.3, 0.4) is 0 Å². The lowest BCUT2D eigenvalue weighted by molar-refractivity contribution is 0.659. The summed E-state index contributed by atoms with van der Waals surface area (Å²) >= 11 is 1.86. The Hall–Kier alpha value is -2.97. The Morgan fingerprint density at radius 3 is 2.36 bits per heavy atom. The smallest absolute Gasteiger partial charge is 0.0753 e. The Morgan fingerprint density at radius 2 is 1.43 bits per heavy atom. The number of nitrogens with zero attached hydrogens (tertiary/aromatic N) is 1. The topological polar surface area (TPSA) is 12.9 Å². The van der Waals surface area contributed by atoms with E-state index in [9.17, 15) is 0 Å². The maximum Gasteiger partial charge on any atom is 0.0753 e. The second kappa shape index (κ2) is 5.52. The van der Waals surface area contributed by atoms with Gasteiger partial charge in [0.2, 0.25) is 0 Å². The van der Waals surface area contributed by atoms with E-state index in [1.54, 1.807) is 0 Å². The Balaban J connectivity index is 1.63. The van der Waals surface area contributed by atoms with Crippen LogP contribution in [0.5, 0.6) is 0 Å². The van der Waals surface area contributed by atoms with Crippen molar-refractivity contribution in [1.29, 1.82) is 0 Å². The molecule has 1 nitrogen and oxygen atoms in total. The molecule has 134 valence electrons. The quantitative estimate of drug-likeness (QED) is 0.296. The maximum atomic E-state index is 5.19. The molecule has 2 heteroatoms. The Bertz CT molecular complexity index is 1390. The third kappa shape index (κ3) is 2.04. The van der Waals surface area contributed by atoms with E-state index in [1.165, 1.54) is 42.4 Å². The Morgan fingerprint density at radius 1 is 0.679 bits per heavy atom. The molecule has 0 amide bonds. The summed E-state index contributed by atoms with van der Waals surface area (Å²) in [6.45, 7) is 4.59. The summed E-state index contributed by atoms with van der Waals surface area (Å²) in [6.07, 6.45) is 0. The number of benzene rings is 3. The predicted molar refractivity (Wildman–Crippen MR) is 120 cm³/mol. The minimum Gasteiger partial charge on any atom is -0.247 e. The van der Waals surface area contributed by atoms with Crippen LogP contribution in [0, 0.1) is 0 Å². The summed E-state index contributed by atoms with van der Waals surface area (Å²) in [4.78, 5) is 5.19. The van der Waals surface area contributed by atoms with Gasteiger partial charge >= 0.3 is 0 Å². The molecule has 0 saturated heterocycles. The Kier molecular flexibility index (Phi) is 3.16. The van der Waals surface area contributed by atoms with Crippen LogP contribution < -0.4 is 0 Å². The molecule has 0 spiro atoms. The van der Waals surface area contributed by atoms with Crippen molar-refractivity contribution in [1.82, 2.24) is 4.98 Å². The second-order valence-electron chi connectivity index (χ2n) is 8.04. The molecule has 2 heterocycles. The van der Waals surface area contributed by atoms with E-state index in [1.807, 2.05) is 11.3 Å². The summed E-state index contributed by atoms with van der Waals surface area (Å²) in [5.74, 6) is 0. The highest BCUT2D eigenvalue weighted by atomic mass is 32.1. The molecular weight excluding hydrogens is 358 g/mol. The van der Waals surface area contributed by atoms with Gasteiger partial charge in [0.1, 0.15) is 0 Å². The van der Waals surface area contributed by atoms with Gasteiger partial charge in [0.15, 0.2) is 0 Å². The number of aromatic nitrogens is 1. The second-order valence-corrected chi connectivity index (χ2v) is 9.10. The summed E-state index contributed by atoms with van der Waals surface area (Å²) < 4.78 is 2.65. The number of hydrogen-bond acceptors (Lipinski definition) is 2. The van der Waals surface area contributed by atoms with Crippen molar-refractivity contribution in [2.75, 3.05) is 0 Å². The van der Waals surface area contributed by atoms with Crippen molar-refractivity contribution < 1.29 is 0 Å². The molecular formula is C26H19NS. The van der Waals surface area contributed by atoms with Crippen LogP contribution in [0.15, 0.2) is 78.9 Å². The lowest BCUT2D eigenvalue weighted by atomic mass is 9.83. The van der Waals surface area contributed by atoms with Gasteiger partial charge in [-0.15, -0.1) is 11.3 Å². The van der Waals surface area contributed by atoms with E-state index < -0.39 is 0 Å². The average molecular weight is 378 g/mol. The highest BCUT2D eigenvalue weighted by Gasteiger charge is 2.36. The summed E-state index contributed by atoms with van der Waals surface area (Å²) in [5.41, 5.74) is 7.38. The number of fused-ring (bicyclic) bond motifs is 6. The maximum absolute atomic E-state index is 5.19. The van der Waals surface area contributed by atoms with Crippen LogP contribution in [0.25, 0.3) is 42.7 Å². The van der Waals surface area contributed by atoms with E-state index in [4.69, 9.17) is 4.98 Å². The molecule has 0 atom stereocenters. The molecule has 1 aliphatic carbocycles. The van der Waals surface area contributed by atoms with Crippen LogP contribution >= 0.6 is 11.3 Å². The van der Waals surface area contributed by atoms with Crippen molar-refractivity contribution in [3.8, 4) is 22.5 Å². The molecule has 0 radical (unpaired) electrons. The zero-order valence-corrected chi connectivity index (χ0v) is 16.7. The van der Waals surface area contributed by atoms with Gasteiger partial charge in [0.05, 0.1) is 11.4 Å². The first-order chi connectivity index (χ1) is 13.6. The zero-order chi connectivity index (χ0) is 18.9. The molecule has 0 N–H and O–H groups in total.